The van der Waals surface area contributed by atoms with Crippen molar-refractivity contribution in [1.82, 2.24) is 10.6 Å². The van der Waals surface area contributed by atoms with Crippen molar-refractivity contribution in [2.45, 2.75) is 59.7 Å². The van der Waals surface area contributed by atoms with Gasteiger partial charge in [-0.25, -0.2) is 4.79 Å². The molecule has 0 fully saturated rings. The minimum Gasteiger partial charge on any atom is -0.444 e. The molecule has 1 unspecified atom stereocenters. The molecule has 0 spiro atoms. The molecule has 1 atom stereocenters. The van der Waals surface area contributed by atoms with E-state index in [9.17, 15) is 4.79 Å². The van der Waals surface area contributed by atoms with Crippen LogP contribution < -0.4 is 10.6 Å². The lowest BCUT2D eigenvalue weighted by atomic mass is 10.2. The van der Waals surface area contributed by atoms with Gasteiger partial charge in [-0.05, 0) is 53.2 Å². The topological polar surface area (TPSA) is 50.4 Å². The molecule has 0 bridgehead atoms. The van der Waals surface area contributed by atoms with Crippen molar-refractivity contribution in [3.05, 3.63) is 21.4 Å². The molecule has 1 rings (SSSR count). The number of carbonyl (C=O) groups excluding carboxylic acids is 1. The summed E-state index contributed by atoms with van der Waals surface area (Å²) >= 11 is 1.82. The Morgan fingerprint density at radius 3 is 2.55 bits per heavy atom. The van der Waals surface area contributed by atoms with Gasteiger partial charge in [-0.3, -0.25) is 0 Å². The smallest absolute Gasteiger partial charge is 0.407 e. The molecule has 1 heterocycles. The van der Waals surface area contributed by atoms with Gasteiger partial charge in [-0.2, -0.15) is 0 Å². The van der Waals surface area contributed by atoms with Crippen molar-refractivity contribution >= 4 is 17.4 Å². The van der Waals surface area contributed by atoms with E-state index >= 15 is 0 Å². The Balaban J connectivity index is 2.28. The molecule has 1 aromatic rings. The number of ether oxygens (including phenoxy) is 1. The van der Waals surface area contributed by atoms with Gasteiger partial charge in [-0.1, -0.05) is 0 Å². The van der Waals surface area contributed by atoms with Crippen molar-refractivity contribution < 1.29 is 9.53 Å². The van der Waals surface area contributed by atoms with E-state index < -0.39 is 5.60 Å². The van der Waals surface area contributed by atoms with Crippen molar-refractivity contribution in [1.29, 1.82) is 0 Å². The summed E-state index contributed by atoms with van der Waals surface area (Å²) in [4.78, 5) is 14.3. The second-order valence-electron chi connectivity index (χ2n) is 6.12. The van der Waals surface area contributed by atoms with Crippen LogP contribution in [0.4, 0.5) is 4.79 Å². The van der Waals surface area contributed by atoms with Crippen LogP contribution in [0.25, 0.3) is 0 Å². The first-order chi connectivity index (χ1) is 9.17. The molecule has 0 aliphatic carbocycles. The Hall–Kier alpha value is -1.07. The third-order valence-corrected chi connectivity index (χ3v) is 3.68. The molecule has 114 valence electrons. The summed E-state index contributed by atoms with van der Waals surface area (Å²) in [5.41, 5.74) is 0.875. The fourth-order valence-electron chi connectivity index (χ4n) is 1.84. The lowest BCUT2D eigenvalue weighted by Crippen LogP contribution is -2.42. The van der Waals surface area contributed by atoms with Gasteiger partial charge < -0.3 is 15.4 Å². The van der Waals surface area contributed by atoms with Crippen molar-refractivity contribution in [2.24, 2.45) is 0 Å². The quantitative estimate of drug-likeness (QED) is 0.876. The average Bonchev–Trinajstić information content (AvgIpc) is 2.54. The maximum atomic E-state index is 11.6. The minimum absolute atomic E-state index is 0.0323. The highest BCUT2D eigenvalue weighted by molar-refractivity contribution is 7.12. The first-order valence-electron chi connectivity index (χ1n) is 6.93. The molecule has 1 aromatic heterocycles. The van der Waals surface area contributed by atoms with Gasteiger partial charge in [0.25, 0.3) is 0 Å². The van der Waals surface area contributed by atoms with Gasteiger partial charge >= 0.3 is 6.09 Å². The monoisotopic (exact) mass is 298 g/mol. The molecule has 2 N–H and O–H groups in total. The highest BCUT2D eigenvalue weighted by Crippen LogP contribution is 2.20. The van der Waals surface area contributed by atoms with E-state index in [-0.39, 0.29) is 12.1 Å². The molecular formula is C15H26N2O2S. The summed E-state index contributed by atoms with van der Waals surface area (Å²) in [5, 5.41) is 6.18. The maximum Gasteiger partial charge on any atom is 0.407 e. The van der Waals surface area contributed by atoms with Crippen LogP contribution in [0.3, 0.4) is 0 Å². The Labute approximate surface area is 125 Å². The van der Waals surface area contributed by atoms with E-state index in [0.29, 0.717) is 6.54 Å². The fourth-order valence-corrected chi connectivity index (χ4v) is 2.79. The predicted octanol–water partition coefficient (Wildman–Crippen LogP) is 3.37. The molecule has 0 saturated carbocycles. The number of nitrogens with one attached hydrogen (secondary N) is 2. The molecule has 20 heavy (non-hydrogen) atoms. The first-order valence-corrected chi connectivity index (χ1v) is 7.75. The summed E-state index contributed by atoms with van der Waals surface area (Å²) in [6.45, 7) is 13.3. The number of amides is 1. The van der Waals surface area contributed by atoms with Crippen LogP contribution in [0.1, 0.15) is 43.0 Å². The van der Waals surface area contributed by atoms with Gasteiger partial charge in [0, 0.05) is 28.9 Å². The van der Waals surface area contributed by atoms with Gasteiger partial charge in [0.1, 0.15) is 5.60 Å². The summed E-state index contributed by atoms with van der Waals surface area (Å²) in [5.74, 6) is 0. The van der Waals surface area contributed by atoms with Crippen molar-refractivity contribution in [3.63, 3.8) is 0 Å². The summed E-state index contributed by atoms with van der Waals surface area (Å²) in [7, 11) is 0. The van der Waals surface area contributed by atoms with Crippen LogP contribution in [0.2, 0.25) is 0 Å². The lowest BCUT2D eigenvalue weighted by molar-refractivity contribution is 0.0508. The van der Waals surface area contributed by atoms with E-state index in [2.05, 4.69) is 30.5 Å². The van der Waals surface area contributed by atoms with E-state index in [4.69, 9.17) is 4.74 Å². The second-order valence-corrected chi connectivity index (χ2v) is 7.58. The largest absolute Gasteiger partial charge is 0.444 e. The van der Waals surface area contributed by atoms with Crippen LogP contribution in [-0.4, -0.2) is 24.3 Å². The van der Waals surface area contributed by atoms with Gasteiger partial charge in [0.15, 0.2) is 0 Å². The van der Waals surface area contributed by atoms with Crippen molar-refractivity contribution in [3.8, 4) is 0 Å². The van der Waals surface area contributed by atoms with Gasteiger partial charge in [0.2, 0.25) is 0 Å². The molecule has 1 amide bonds. The Bertz CT molecular complexity index is 449. The number of alkyl carbamates (subject to hydrolysis) is 1. The van der Waals surface area contributed by atoms with Crippen LogP contribution >= 0.6 is 11.3 Å². The van der Waals surface area contributed by atoms with Gasteiger partial charge in [-0.15, -0.1) is 11.3 Å². The summed E-state index contributed by atoms with van der Waals surface area (Å²) < 4.78 is 5.22. The highest BCUT2D eigenvalue weighted by atomic mass is 32.1. The molecule has 0 saturated heterocycles. The SMILES string of the molecule is Cc1cc(CNCC(C)NC(=O)OC(C)(C)C)c(C)s1. The summed E-state index contributed by atoms with van der Waals surface area (Å²) in [6, 6.07) is 2.24. The molecule has 5 heteroatoms. The molecule has 0 aliphatic rings. The van der Waals surface area contributed by atoms with Crippen LogP contribution in [0.15, 0.2) is 6.07 Å². The van der Waals surface area contributed by atoms with Crippen LogP contribution in [0, 0.1) is 13.8 Å². The number of hydrogen-bond acceptors (Lipinski definition) is 4. The van der Waals surface area contributed by atoms with Crippen LogP contribution in [-0.2, 0) is 11.3 Å². The Kier molecular flexibility index (Phi) is 6.02. The van der Waals surface area contributed by atoms with E-state index in [1.807, 2.05) is 39.0 Å². The Morgan fingerprint density at radius 2 is 2.05 bits per heavy atom. The molecule has 0 aliphatic heterocycles. The third-order valence-electron chi connectivity index (χ3n) is 2.67. The molecule has 4 nitrogen and oxygen atoms in total. The minimum atomic E-state index is -0.456. The lowest BCUT2D eigenvalue weighted by Gasteiger charge is -2.22. The standard InChI is InChI=1S/C15H26N2O2S/c1-10(17-14(18)19-15(4,5)6)8-16-9-13-7-11(2)20-12(13)3/h7,10,16H,8-9H2,1-6H3,(H,17,18). The average molecular weight is 298 g/mol. The van der Waals surface area contributed by atoms with E-state index in [1.54, 1.807) is 0 Å². The van der Waals surface area contributed by atoms with Gasteiger partial charge in [0.05, 0.1) is 0 Å². The highest BCUT2D eigenvalue weighted by Gasteiger charge is 2.17. The normalized spacial score (nSPS) is 13.1. The first kappa shape index (κ1) is 17.0. The molecule has 0 radical (unpaired) electrons. The molecule has 0 aromatic carbocycles. The number of aryl methyl sites for hydroxylation is 2. The number of hydrogen-bond donors (Lipinski definition) is 2. The van der Waals surface area contributed by atoms with Crippen LogP contribution in [0.5, 0.6) is 0 Å². The zero-order chi connectivity index (χ0) is 15.3. The second kappa shape index (κ2) is 7.09. The van der Waals surface area contributed by atoms with E-state index in [1.165, 1.54) is 15.3 Å². The van der Waals surface area contributed by atoms with E-state index in [0.717, 1.165) is 6.54 Å². The molecular weight excluding hydrogens is 272 g/mol. The Morgan fingerprint density at radius 1 is 1.40 bits per heavy atom. The maximum absolute atomic E-state index is 11.6. The number of rotatable bonds is 5. The van der Waals surface area contributed by atoms with Crippen molar-refractivity contribution in [2.75, 3.05) is 6.54 Å². The fraction of sp³-hybridized carbons (Fsp3) is 0.667. The number of carbonyl (C=O) groups is 1. The number of thiophene rings is 1. The predicted molar refractivity (Wildman–Crippen MR) is 84.3 cm³/mol. The zero-order valence-corrected chi connectivity index (χ0v) is 14.1. The third kappa shape index (κ3) is 6.39. The zero-order valence-electron chi connectivity index (χ0n) is 13.3. The summed E-state index contributed by atoms with van der Waals surface area (Å²) in [6.07, 6.45) is -0.366.